The normalized spacial score (nSPS) is 26.2. The molecule has 4 nitrogen and oxygen atoms in total. The Kier molecular flexibility index (Phi) is 3.77. The monoisotopic (exact) mass is 239 g/mol. The van der Waals surface area contributed by atoms with Gasteiger partial charge < -0.3 is 10.4 Å². The molecular weight excluding hydrogens is 227 g/mol. The molecule has 1 amide bonds. The van der Waals surface area contributed by atoms with E-state index in [2.05, 4.69) is 0 Å². The van der Waals surface area contributed by atoms with E-state index in [1.54, 1.807) is 5.32 Å². The fourth-order valence-corrected chi connectivity index (χ4v) is 1.85. The molecule has 0 aliphatic heterocycles. The van der Waals surface area contributed by atoms with Crippen molar-refractivity contribution in [2.24, 2.45) is 5.92 Å². The van der Waals surface area contributed by atoms with Gasteiger partial charge in [0.15, 0.2) is 0 Å². The maximum atomic E-state index is 12.0. The number of carbonyl (C=O) groups is 2. The van der Waals surface area contributed by atoms with Gasteiger partial charge in [-0.1, -0.05) is 12.8 Å². The summed E-state index contributed by atoms with van der Waals surface area (Å²) in [6.07, 6.45) is -3.08. The van der Waals surface area contributed by atoms with Gasteiger partial charge in [-0.2, -0.15) is 13.2 Å². The van der Waals surface area contributed by atoms with Gasteiger partial charge in [-0.3, -0.25) is 9.59 Å². The minimum atomic E-state index is -4.96. The highest BCUT2D eigenvalue weighted by atomic mass is 19.4. The number of amides is 1. The number of hydrogen-bond donors (Lipinski definition) is 2. The molecule has 1 aliphatic rings. The smallest absolute Gasteiger partial charge is 0.471 e. The van der Waals surface area contributed by atoms with Crippen LogP contribution in [0.1, 0.15) is 25.7 Å². The van der Waals surface area contributed by atoms with Gasteiger partial charge in [0, 0.05) is 6.04 Å². The van der Waals surface area contributed by atoms with E-state index < -0.39 is 30.0 Å². The predicted octanol–water partition coefficient (Wildman–Crippen LogP) is 1.31. The van der Waals surface area contributed by atoms with Crippen LogP contribution in [0.5, 0.6) is 0 Å². The zero-order valence-corrected chi connectivity index (χ0v) is 8.38. The van der Waals surface area contributed by atoms with E-state index in [4.69, 9.17) is 5.11 Å². The molecule has 0 aromatic heterocycles. The lowest BCUT2D eigenvalue weighted by Gasteiger charge is -2.29. The van der Waals surface area contributed by atoms with Crippen molar-refractivity contribution >= 4 is 11.9 Å². The number of carboxylic acid groups (broad SMARTS) is 1. The largest absolute Gasteiger partial charge is 0.481 e. The van der Waals surface area contributed by atoms with Gasteiger partial charge in [0.05, 0.1) is 5.92 Å². The Balaban J connectivity index is 2.63. The summed E-state index contributed by atoms with van der Waals surface area (Å²) in [5.41, 5.74) is 0. The van der Waals surface area contributed by atoms with Crippen molar-refractivity contribution in [1.29, 1.82) is 0 Å². The fourth-order valence-electron chi connectivity index (χ4n) is 1.85. The van der Waals surface area contributed by atoms with Gasteiger partial charge in [-0.15, -0.1) is 0 Å². The van der Waals surface area contributed by atoms with Gasteiger partial charge in [0.1, 0.15) is 0 Å². The van der Waals surface area contributed by atoms with Crippen LogP contribution in [-0.4, -0.2) is 29.2 Å². The van der Waals surface area contributed by atoms with Crippen molar-refractivity contribution in [3.05, 3.63) is 0 Å². The highest BCUT2D eigenvalue weighted by molar-refractivity contribution is 5.83. The number of carboxylic acids is 1. The SMILES string of the molecule is O=C(O)[C@H]1CCCC[C@H]1NC(=O)C(F)(F)F. The lowest BCUT2D eigenvalue weighted by atomic mass is 9.84. The van der Waals surface area contributed by atoms with Gasteiger partial charge in [0.2, 0.25) is 0 Å². The van der Waals surface area contributed by atoms with Crippen LogP contribution in [-0.2, 0) is 9.59 Å². The first-order valence-electron chi connectivity index (χ1n) is 4.93. The van der Waals surface area contributed by atoms with Crippen LogP contribution < -0.4 is 5.32 Å². The maximum Gasteiger partial charge on any atom is 0.471 e. The van der Waals surface area contributed by atoms with Crippen LogP contribution in [0.3, 0.4) is 0 Å². The zero-order chi connectivity index (χ0) is 12.3. The van der Waals surface area contributed by atoms with Crippen LogP contribution in [0, 0.1) is 5.92 Å². The molecule has 0 saturated heterocycles. The standard InChI is InChI=1S/C9H12F3NO3/c10-9(11,12)8(16)13-6-4-2-1-3-5(6)7(14)15/h5-6H,1-4H2,(H,13,16)(H,14,15)/t5-,6+/m0/s1. The predicted molar refractivity (Wildman–Crippen MR) is 47.6 cm³/mol. The van der Waals surface area contributed by atoms with Gasteiger partial charge in [-0.25, -0.2) is 0 Å². The molecule has 0 aromatic rings. The summed E-state index contributed by atoms with van der Waals surface area (Å²) in [5, 5.41) is 10.5. The zero-order valence-electron chi connectivity index (χ0n) is 8.38. The maximum absolute atomic E-state index is 12.0. The van der Waals surface area contributed by atoms with E-state index in [9.17, 15) is 22.8 Å². The van der Waals surface area contributed by atoms with Crippen molar-refractivity contribution < 1.29 is 27.9 Å². The molecule has 2 N–H and O–H groups in total. The van der Waals surface area contributed by atoms with Crippen molar-refractivity contribution in [2.75, 3.05) is 0 Å². The molecule has 1 saturated carbocycles. The molecule has 2 atom stereocenters. The summed E-state index contributed by atoms with van der Waals surface area (Å²) >= 11 is 0. The summed E-state index contributed by atoms with van der Waals surface area (Å²) in [5.74, 6) is -4.14. The first kappa shape index (κ1) is 12.8. The fraction of sp³-hybridized carbons (Fsp3) is 0.778. The topological polar surface area (TPSA) is 66.4 Å². The highest BCUT2D eigenvalue weighted by Gasteiger charge is 2.42. The second-order valence-corrected chi connectivity index (χ2v) is 3.81. The van der Waals surface area contributed by atoms with Crippen LogP contribution >= 0.6 is 0 Å². The number of hydrogen-bond acceptors (Lipinski definition) is 2. The molecule has 1 fully saturated rings. The number of rotatable bonds is 2. The Morgan fingerprint density at radius 2 is 1.75 bits per heavy atom. The molecule has 1 rings (SSSR count). The van der Waals surface area contributed by atoms with Gasteiger partial charge >= 0.3 is 18.1 Å². The number of aliphatic carboxylic acids is 1. The Morgan fingerprint density at radius 3 is 2.25 bits per heavy atom. The Bertz CT molecular complexity index is 290. The Morgan fingerprint density at radius 1 is 1.19 bits per heavy atom. The minimum Gasteiger partial charge on any atom is -0.481 e. The molecule has 92 valence electrons. The van der Waals surface area contributed by atoms with E-state index in [1.807, 2.05) is 0 Å². The summed E-state index contributed by atoms with van der Waals surface area (Å²) in [6, 6.07) is -0.916. The third-order valence-corrected chi connectivity index (χ3v) is 2.66. The van der Waals surface area contributed by atoms with Crippen LogP contribution in [0.25, 0.3) is 0 Å². The summed E-state index contributed by atoms with van der Waals surface area (Å²) in [4.78, 5) is 21.4. The molecule has 0 heterocycles. The van der Waals surface area contributed by atoms with Crippen LogP contribution in [0.4, 0.5) is 13.2 Å². The second kappa shape index (κ2) is 4.71. The van der Waals surface area contributed by atoms with Crippen LogP contribution in [0.15, 0.2) is 0 Å². The summed E-state index contributed by atoms with van der Waals surface area (Å²) in [6.45, 7) is 0. The Hall–Kier alpha value is -1.27. The highest BCUT2D eigenvalue weighted by Crippen LogP contribution is 2.26. The van der Waals surface area contributed by atoms with Crippen molar-refractivity contribution in [3.63, 3.8) is 0 Å². The van der Waals surface area contributed by atoms with E-state index in [-0.39, 0.29) is 6.42 Å². The van der Waals surface area contributed by atoms with Crippen molar-refractivity contribution in [1.82, 2.24) is 5.32 Å². The molecule has 0 aromatic carbocycles. The Labute approximate surface area is 89.8 Å². The summed E-state index contributed by atoms with van der Waals surface area (Å²) < 4.78 is 35.9. The molecule has 7 heteroatoms. The molecule has 16 heavy (non-hydrogen) atoms. The molecule has 0 spiro atoms. The van der Waals surface area contributed by atoms with E-state index in [1.165, 1.54) is 0 Å². The third kappa shape index (κ3) is 3.11. The van der Waals surface area contributed by atoms with Crippen molar-refractivity contribution in [3.8, 4) is 0 Å². The van der Waals surface area contributed by atoms with Crippen LogP contribution in [0.2, 0.25) is 0 Å². The van der Waals surface area contributed by atoms with Gasteiger partial charge in [-0.05, 0) is 12.8 Å². The molecule has 0 radical (unpaired) electrons. The lowest BCUT2D eigenvalue weighted by Crippen LogP contribution is -2.49. The third-order valence-electron chi connectivity index (χ3n) is 2.66. The van der Waals surface area contributed by atoms with Gasteiger partial charge in [0.25, 0.3) is 0 Å². The van der Waals surface area contributed by atoms with E-state index >= 15 is 0 Å². The van der Waals surface area contributed by atoms with E-state index in [0.717, 1.165) is 0 Å². The molecule has 0 unspecified atom stereocenters. The number of nitrogens with one attached hydrogen (secondary N) is 1. The summed E-state index contributed by atoms with van der Waals surface area (Å²) in [7, 11) is 0. The molecule has 0 bridgehead atoms. The second-order valence-electron chi connectivity index (χ2n) is 3.81. The lowest BCUT2D eigenvalue weighted by molar-refractivity contribution is -0.175. The molecule has 1 aliphatic carbocycles. The average molecular weight is 239 g/mol. The number of alkyl halides is 3. The first-order valence-corrected chi connectivity index (χ1v) is 4.93. The van der Waals surface area contributed by atoms with Crippen molar-refractivity contribution in [2.45, 2.75) is 37.9 Å². The first-order chi connectivity index (χ1) is 7.32. The minimum absolute atomic E-state index is 0.277. The number of carbonyl (C=O) groups excluding carboxylic acids is 1. The molecular formula is C9H12F3NO3. The van der Waals surface area contributed by atoms with E-state index in [0.29, 0.717) is 19.3 Å². The average Bonchev–Trinajstić information content (AvgIpc) is 2.16. The number of halogens is 3. The quantitative estimate of drug-likeness (QED) is 0.763.